The van der Waals surface area contributed by atoms with Crippen molar-refractivity contribution in [3.05, 3.63) is 35.4 Å². The van der Waals surface area contributed by atoms with Crippen LogP contribution in [0.2, 0.25) is 0 Å². The molecule has 0 saturated carbocycles. The summed E-state index contributed by atoms with van der Waals surface area (Å²) in [5.41, 5.74) is 2.57. The maximum Gasteiger partial charge on any atom is 0.309 e. The minimum absolute atomic E-state index is 0.0274. The van der Waals surface area contributed by atoms with Crippen molar-refractivity contribution in [3.8, 4) is 0 Å². The number of esters is 1. The van der Waals surface area contributed by atoms with E-state index in [4.69, 9.17) is 0 Å². The number of benzene rings is 1. The SMILES string of the molecule is COC(=O)C(C)CSCc1ccc(C)cc1. The molecule has 0 aliphatic rings. The predicted octanol–water partition coefficient (Wildman–Crippen LogP) is 3.04. The van der Waals surface area contributed by atoms with Gasteiger partial charge in [-0.3, -0.25) is 4.79 Å². The van der Waals surface area contributed by atoms with Gasteiger partial charge in [-0.05, 0) is 12.5 Å². The second kappa shape index (κ2) is 6.59. The molecule has 16 heavy (non-hydrogen) atoms. The standard InChI is InChI=1S/C13H18O2S/c1-10-4-6-12(7-5-10)9-16-8-11(2)13(14)15-3/h4-7,11H,8-9H2,1-3H3. The highest BCUT2D eigenvalue weighted by atomic mass is 32.2. The molecule has 0 aromatic heterocycles. The third-order valence-electron chi connectivity index (χ3n) is 2.36. The number of methoxy groups -OCH3 is 1. The van der Waals surface area contributed by atoms with Crippen molar-refractivity contribution in [2.45, 2.75) is 19.6 Å². The highest BCUT2D eigenvalue weighted by molar-refractivity contribution is 7.98. The molecule has 0 amide bonds. The summed E-state index contributed by atoms with van der Waals surface area (Å²) in [5.74, 6) is 1.60. The number of carbonyl (C=O) groups excluding carboxylic acids is 1. The van der Waals surface area contributed by atoms with E-state index in [9.17, 15) is 4.79 Å². The number of thioether (sulfide) groups is 1. The van der Waals surface area contributed by atoms with Gasteiger partial charge in [-0.1, -0.05) is 36.8 Å². The average Bonchev–Trinajstić information content (AvgIpc) is 2.30. The summed E-state index contributed by atoms with van der Waals surface area (Å²) in [5, 5.41) is 0. The van der Waals surface area contributed by atoms with E-state index < -0.39 is 0 Å². The van der Waals surface area contributed by atoms with Crippen molar-refractivity contribution in [3.63, 3.8) is 0 Å². The van der Waals surface area contributed by atoms with E-state index in [1.54, 1.807) is 11.8 Å². The monoisotopic (exact) mass is 238 g/mol. The Hall–Kier alpha value is -0.960. The highest BCUT2D eigenvalue weighted by Crippen LogP contribution is 2.16. The lowest BCUT2D eigenvalue weighted by atomic mass is 10.2. The van der Waals surface area contributed by atoms with Gasteiger partial charge < -0.3 is 4.74 Å². The van der Waals surface area contributed by atoms with E-state index in [0.29, 0.717) is 0 Å². The smallest absolute Gasteiger partial charge is 0.309 e. The van der Waals surface area contributed by atoms with E-state index in [0.717, 1.165) is 11.5 Å². The van der Waals surface area contributed by atoms with Crippen LogP contribution < -0.4 is 0 Å². The van der Waals surface area contributed by atoms with Crippen LogP contribution in [0.1, 0.15) is 18.1 Å². The molecule has 88 valence electrons. The van der Waals surface area contributed by atoms with Gasteiger partial charge in [-0.2, -0.15) is 11.8 Å². The van der Waals surface area contributed by atoms with Crippen molar-refractivity contribution in [2.24, 2.45) is 5.92 Å². The lowest BCUT2D eigenvalue weighted by Crippen LogP contribution is -2.14. The Labute approximate surface area is 101 Å². The topological polar surface area (TPSA) is 26.3 Å². The molecule has 3 heteroatoms. The number of carbonyl (C=O) groups is 1. The molecule has 0 aliphatic heterocycles. The molecule has 1 aromatic rings. The molecule has 1 atom stereocenters. The second-order valence-electron chi connectivity index (χ2n) is 3.92. The Bertz CT molecular complexity index is 332. The van der Waals surface area contributed by atoms with Gasteiger partial charge in [-0.15, -0.1) is 0 Å². The van der Waals surface area contributed by atoms with Crippen LogP contribution in [0, 0.1) is 12.8 Å². The predicted molar refractivity (Wildman–Crippen MR) is 68.5 cm³/mol. The zero-order chi connectivity index (χ0) is 12.0. The first-order chi connectivity index (χ1) is 7.63. The summed E-state index contributed by atoms with van der Waals surface area (Å²) >= 11 is 1.76. The zero-order valence-electron chi connectivity index (χ0n) is 10.0. The molecule has 0 N–H and O–H groups in total. The third-order valence-corrected chi connectivity index (χ3v) is 3.63. The lowest BCUT2D eigenvalue weighted by molar-refractivity contribution is -0.143. The summed E-state index contributed by atoms with van der Waals surface area (Å²) in [4.78, 5) is 11.2. The highest BCUT2D eigenvalue weighted by Gasteiger charge is 2.12. The Morgan fingerprint density at radius 3 is 2.56 bits per heavy atom. The van der Waals surface area contributed by atoms with Gasteiger partial charge in [0.25, 0.3) is 0 Å². The fourth-order valence-electron chi connectivity index (χ4n) is 1.31. The summed E-state index contributed by atoms with van der Waals surface area (Å²) in [6.45, 7) is 3.98. The maximum atomic E-state index is 11.2. The van der Waals surface area contributed by atoms with Crippen LogP contribution in [0.25, 0.3) is 0 Å². The van der Waals surface area contributed by atoms with E-state index in [2.05, 4.69) is 35.9 Å². The lowest BCUT2D eigenvalue weighted by Gasteiger charge is -2.08. The number of hydrogen-bond donors (Lipinski definition) is 0. The molecule has 0 saturated heterocycles. The van der Waals surface area contributed by atoms with Crippen LogP contribution in [0.15, 0.2) is 24.3 Å². The van der Waals surface area contributed by atoms with E-state index in [1.165, 1.54) is 18.2 Å². The molecule has 1 unspecified atom stereocenters. The largest absolute Gasteiger partial charge is 0.469 e. The molecular formula is C13H18O2S. The number of ether oxygens (including phenoxy) is 1. The molecule has 0 spiro atoms. The summed E-state index contributed by atoms with van der Waals surface area (Å²) in [7, 11) is 1.43. The molecular weight excluding hydrogens is 220 g/mol. The van der Waals surface area contributed by atoms with Gasteiger partial charge in [0.1, 0.15) is 0 Å². The van der Waals surface area contributed by atoms with Crippen LogP contribution in [0.3, 0.4) is 0 Å². The quantitative estimate of drug-likeness (QED) is 0.738. The molecule has 0 bridgehead atoms. The first-order valence-electron chi connectivity index (χ1n) is 5.34. The number of rotatable bonds is 5. The van der Waals surface area contributed by atoms with Crippen LogP contribution in [0.5, 0.6) is 0 Å². The first kappa shape index (κ1) is 13.1. The molecule has 2 nitrogen and oxygen atoms in total. The van der Waals surface area contributed by atoms with Crippen LogP contribution in [0.4, 0.5) is 0 Å². The van der Waals surface area contributed by atoms with Gasteiger partial charge in [0.15, 0.2) is 0 Å². The maximum absolute atomic E-state index is 11.2. The van der Waals surface area contributed by atoms with Gasteiger partial charge >= 0.3 is 5.97 Å². The summed E-state index contributed by atoms with van der Waals surface area (Å²) in [6.07, 6.45) is 0. The molecule has 0 radical (unpaired) electrons. The van der Waals surface area contributed by atoms with Gasteiger partial charge in [0.05, 0.1) is 13.0 Å². The molecule has 0 aliphatic carbocycles. The van der Waals surface area contributed by atoms with Gasteiger partial charge in [0, 0.05) is 11.5 Å². The molecule has 0 fully saturated rings. The van der Waals surface area contributed by atoms with Gasteiger partial charge in [0.2, 0.25) is 0 Å². The molecule has 1 rings (SSSR count). The average molecular weight is 238 g/mol. The third kappa shape index (κ3) is 4.27. The Morgan fingerprint density at radius 1 is 1.38 bits per heavy atom. The number of aryl methyl sites for hydroxylation is 1. The Morgan fingerprint density at radius 2 is 2.00 bits per heavy atom. The van der Waals surface area contributed by atoms with E-state index in [-0.39, 0.29) is 11.9 Å². The summed E-state index contributed by atoms with van der Waals surface area (Å²) < 4.78 is 4.68. The van der Waals surface area contributed by atoms with Crippen molar-refractivity contribution in [1.82, 2.24) is 0 Å². The first-order valence-corrected chi connectivity index (χ1v) is 6.50. The van der Waals surface area contributed by atoms with E-state index >= 15 is 0 Å². The van der Waals surface area contributed by atoms with Crippen molar-refractivity contribution in [2.75, 3.05) is 12.9 Å². The zero-order valence-corrected chi connectivity index (χ0v) is 10.8. The minimum Gasteiger partial charge on any atom is -0.469 e. The summed E-state index contributed by atoms with van der Waals surface area (Å²) in [6, 6.07) is 8.48. The van der Waals surface area contributed by atoms with Gasteiger partial charge in [-0.25, -0.2) is 0 Å². The fraction of sp³-hybridized carbons (Fsp3) is 0.462. The minimum atomic E-state index is -0.128. The van der Waals surface area contributed by atoms with Crippen LogP contribution in [-0.4, -0.2) is 18.8 Å². The van der Waals surface area contributed by atoms with Crippen molar-refractivity contribution >= 4 is 17.7 Å². The van der Waals surface area contributed by atoms with Crippen molar-refractivity contribution in [1.29, 1.82) is 0 Å². The van der Waals surface area contributed by atoms with Crippen molar-refractivity contribution < 1.29 is 9.53 Å². The molecule has 1 aromatic carbocycles. The Kier molecular flexibility index (Phi) is 5.39. The van der Waals surface area contributed by atoms with E-state index in [1.807, 2.05) is 6.92 Å². The normalized spacial score (nSPS) is 12.2. The number of hydrogen-bond acceptors (Lipinski definition) is 3. The van der Waals surface area contributed by atoms with Crippen LogP contribution >= 0.6 is 11.8 Å². The fourth-order valence-corrected chi connectivity index (χ4v) is 2.34. The Balaban J connectivity index is 2.30. The van der Waals surface area contributed by atoms with Crippen LogP contribution in [-0.2, 0) is 15.3 Å². The second-order valence-corrected chi connectivity index (χ2v) is 4.96. The molecule has 0 heterocycles.